The van der Waals surface area contributed by atoms with Crippen LogP contribution in [0.1, 0.15) is 54.1 Å². The van der Waals surface area contributed by atoms with Crippen LogP contribution in [0.15, 0.2) is 40.8 Å². The van der Waals surface area contributed by atoms with Gasteiger partial charge in [0.2, 0.25) is 0 Å². The van der Waals surface area contributed by atoms with E-state index in [0.29, 0.717) is 5.76 Å². The van der Waals surface area contributed by atoms with Crippen molar-refractivity contribution >= 4 is 6.29 Å². The smallest absolute Gasteiger partial charge is 0.185 e. The van der Waals surface area contributed by atoms with E-state index in [1.807, 2.05) is 6.07 Å². The van der Waals surface area contributed by atoms with Crippen molar-refractivity contribution in [1.29, 1.82) is 0 Å². The van der Waals surface area contributed by atoms with Crippen LogP contribution in [0.2, 0.25) is 0 Å². The molecule has 2 aromatic rings. The molecule has 0 bridgehead atoms. The van der Waals surface area contributed by atoms with E-state index in [0.717, 1.165) is 23.5 Å². The Morgan fingerprint density at radius 3 is 2.32 bits per heavy atom. The molecule has 1 aliphatic carbocycles. The second-order valence-corrected chi connectivity index (χ2v) is 5.28. The average molecular weight is 254 g/mol. The van der Waals surface area contributed by atoms with E-state index < -0.39 is 0 Å². The molecule has 2 heteroatoms. The summed E-state index contributed by atoms with van der Waals surface area (Å²) in [6.07, 6.45) is 7.46. The summed E-state index contributed by atoms with van der Waals surface area (Å²) in [5.41, 5.74) is 2.47. The summed E-state index contributed by atoms with van der Waals surface area (Å²) >= 11 is 0. The summed E-state index contributed by atoms with van der Waals surface area (Å²) in [5.74, 6) is 1.87. The normalized spacial score (nSPS) is 16.4. The largest absolute Gasteiger partial charge is 0.453 e. The van der Waals surface area contributed by atoms with Crippen LogP contribution in [-0.2, 0) is 0 Å². The number of benzene rings is 1. The van der Waals surface area contributed by atoms with Gasteiger partial charge >= 0.3 is 0 Å². The molecule has 1 heterocycles. The molecular weight excluding hydrogens is 236 g/mol. The van der Waals surface area contributed by atoms with Crippen LogP contribution in [0.25, 0.3) is 11.3 Å². The second kappa shape index (κ2) is 5.43. The lowest BCUT2D eigenvalue weighted by Gasteiger charge is -2.21. The molecule has 98 valence electrons. The molecule has 1 aliphatic rings. The maximum Gasteiger partial charge on any atom is 0.185 e. The van der Waals surface area contributed by atoms with Gasteiger partial charge in [-0.2, -0.15) is 0 Å². The van der Waals surface area contributed by atoms with Gasteiger partial charge in [-0.1, -0.05) is 43.5 Å². The Morgan fingerprint density at radius 2 is 1.68 bits per heavy atom. The number of carbonyl (C=O) groups excluding carboxylic acids is 1. The first-order chi connectivity index (χ1) is 9.36. The van der Waals surface area contributed by atoms with Crippen LogP contribution >= 0.6 is 0 Å². The molecule has 1 aromatic carbocycles. The van der Waals surface area contributed by atoms with Gasteiger partial charge in [0.25, 0.3) is 0 Å². The third kappa shape index (κ3) is 2.62. The zero-order valence-corrected chi connectivity index (χ0v) is 11.0. The third-order valence-electron chi connectivity index (χ3n) is 4.01. The number of hydrogen-bond acceptors (Lipinski definition) is 2. The van der Waals surface area contributed by atoms with Crippen LogP contribution in [0.3, 0.4) is 0 Å². The molecule has 0 unspecified atom stereocenters. The average Bonchev–Trinajstić information content (AvgIpc) is 2.97. The first kappa shape index (κ1) is 12.2. The fraction of sp³-hybridized carbons (Fsp3) is 0.353. The van der Waals surface area contributed by atoms with Gasteiger partial charge in [-0.3, -0.25) is 4.79 Å². The van der Waals surface area contributed by atoms with Crippen LogP contribution in [-0.4, -0.2) is 6.29 Å². The van der Waals surface area contributed by atoms with Gasteiger partial charge in [0.05, 0.1) is 0 Å². The van der Waals surface area contributed by atoms with E-state index >= 15 is 0 Å². The summed E-state index contributed by atoms with van der Waals surface area (Å²) in [4.78, 5) is 10.6. The predicted molar refractivity (Wildman–Crippen MR) is 75.4 cm³/mol. The van der Waals surface area contributed by atoms with Crippen molar-refractivity contribution in [2.45, 2.75) is 38.0 Å². The molecule has 0 radical (unpaired) electrons. The molecule has 0 spiro atoms. The van der Waals surface area contributed by atoms with Gasteiger partial charge in [-0.15, -0.1) is 0 Å². The molecule has 0 N–H and O–H groups in total. The topological polar surface area (TPSA) is 30.2 Å². The number of furan rings is 1. The summed E-state index contributed by atoms with van der Waals surface area (Å²) < 4.78 is 5.44. The lowest BCUT2D eigenvalue weighted by Crippen LogP contribution is -2.04. The van der Waals surface area contributed by atoms with Crippen LogP contribution in [0, 0.1) is 0 Å². The van der Waals surface area contributed by atoms with Crippen LogP contribution in [0.5, 0.6) is 0 Å². The highest BCUT2D eigenvalue weighted by Gasteiger charge is 2.15. The Bertz CT molecular complexity index is 545. The molecule has 3 rings (SSSR count). The van der Waals surface area contributed by atoms with Gasteiger partial charge in [0.15, 0.2) is 12.0 Å². The summed E-state index contributed by atoms with van der Waals surface area (Å²) in [5, 5.41) is 0. The molecule has 1 saturated carbocycles. The second-order valence-electron chi connectivity index (χ2n) is 5.28. The van der Waals surface area contributed by atoms with Gasteiger partial charge in [-0.25, -0.2) is 0 Å². The SMILES string of the molecule is O=Cc1ccc(-c2ccc(C3CCCCC3)cc2)o1. The summed E-state index contributed by atoms with van der Waals surface area (Å²) in [6.45, 7) is 0. The van der Waals surface area contributed by atoms with Crippen molar-refractivity contribution < 1.29 is 9.21 Å². The van der Waals surface area contributed by atoms with Crippen LogP contribution < -0.4 is 0 Å². The third-order valence-corrected chi connectivity index (χ3v) is 4.01. The fourth-order valence-electron chi connectivity index (χ4n) is 2.93. The van der Waals surface area contributed by atoms with Crippen molar-refractivity contribution in [2.75, 3.05) is 0 Å². The van der Waals surface area contributed by atoms with E-state index in [2.05, 4.69) is 24.3 Å². The first-order valence-electron chi connectivity index (χ1n) is 7.02. The van der Waals surface area contributed by atoms with Crippen molar-refractivity contribution in [3.8, 4) is 11.3 Å². The van der Waals surface area contributed by atoms with Gasteiger partial charge in [0.1, 0.15) is 5.76 Å². The van der Waals surface area contributed by atoms with Crippen molar-refractivity contribution in [2.24, 2.45) is 0 Å². The van der Waals surface area contributed by atoms with Gasteiger partial charge in [-0.05, 0) is 36.5 Å². The predicted octanol–water partition coefficient (Wildman–Crippen LogP) is 4.81. The maximum absolute atomic E-state index is 10.6. The molecule has 0 atom stereocenters. The molecule has 0 aliphatic heterocycles. The highest BCUT2D eigenvalue weighted by Crippen LogP contribution is 2.33. The van der Waals surface area contributed by atoms with E-state index in [9.17, 15) is 4.79 Å². The van der Waals surface area contributed by atoms with Gasteiger partial charge < -0.3 is 4.42 Å². The highest BCUT2D eigenvalue weighted by atomic mass is 16.3. The lowest BCUT2D eigenvalue weighted by atomic mass is 9.84. The lowest BCUT2D eigenvalue weighted by molar-refractivity contribution is 0.110. The zero-order chi connectivity index (χ0) is 13.1. The zero-order valence-electron chi connectivity index (χ0n) is 11.0. The van der Waals surface area contributed by atoms with E-state index in [4.69, 9.17) is 4.42 Å². The Hall–Kier alpha value is -1.83. The first-order valence-corrected chi connectivity index (χ1v) is 7.02. The van der Waals surface area contributed by atoms with Crippen molar-refractivity contribution in [3.05, 3.63) is 47.7 Å². The quantitative estimate of drug-likeness (QED) is 0.736. The molecule has 2 nitrogen and oxygen atoms in total. The molecule has 1 aromatic heterocycles. The minimum absolute atomic E-state index is 0.381. The minimum Gasteiger partial charge on any atom is -0.453 e. The molecule has 1 fully saturated rings. The van der Waals surface area contributed by atoms with Crippen molar-refractivity contribution in [1.82, 2.24) is 0 Å². The highest BCUT2D eigenvalue weighted by molar-refractivity contribution is 5.72. The standard InChI is InChI=1S/C17H18O2/c18-12-16-10-11-17(19-16)15-8-6-14(7-9-15)13-4-2-1-3-5-13/h6-13H,1-5H2. The number of rotatable bonds is 3. The van der Waals surface area contributed by atoms with Gasteiger partial charge in [0, 0.05) is 5.56 Å². The Morgan fingerprint density at radius 1 is 0.947 bits per heavy atom. The number of carbonyl (C=O) groups is 1. The van der Waals surface area contributed by atoms with E-state index in [1.165, 1.54) is 37.7 Å². The Labute approximate surface area is 113 Å². The number of aldehydes is 1. The molecule has 0 amide bonds. The Balaban J connectivity index is 1.79. The van der Waals surface area contributed by atoms with E-state index in [-0.39, 0.29) is 0 Å². The van der Waals surface area contributed by atoms with Crippen LogP contribution in [0.4, 0.5) is 0 Å². The minimum atomic E-state index is 0.381. The van der Waals surface area contributed by atoms with Crippen molar-refractivity contribution in [3.63, 3.8) is 0 Å². The summed E-state index contributed by atoms with van der Waals surface area (Å²) in [7, 11) is 0. The molecular formula is C17H18O2. The number of hydrogen-bond donors (Lipinski definition) is 0. The maximum atomic E-state index is 10.6. The summed E-state index contributed by atoms with van der Waals surface area (Å²) in [6, 6.07) is 12.1. The monoisotopic (exact) mass is 254 g/mol. The van der Waals surface area contributed by atoms with E-state index in [1.54, 1.807) is 6.07 Å². The molecule has 19 heavy (non-hydrogen) atoms. The fourth-order valence-corrected chi connectivity index (χ4v) is 2.93. The Kier molecular flexibility index (Phi) is 3.49. The molecule has 0 saturated heterocycles.